The minimum absolute atomic E-state index is 0.114. The third-order valence-electron chi connectivity index (χ3n) is 5.01. The summed E-state index contributed by atoms with van der Waals surface area (Å²) < 4.78 is 55.8. The first-order valence-electron chi connectivity index (χ1n) is 10.4. The van der Waals surface area contributed by atoms with Crippen LogP contribution in [-0.4, -0.2) is 40.8 Å². The Kier molecular flexibility index (Phi) is 6.56. The number of carbonyl (C=O) groups is 2. The largest absolute Gasteiger partial charge is 0.345 e. The molecule has 4 aromatic rings. The van der Waals surface area contributed by atoms with Crippen molar-refractivity contribution < 1.29 is 26.8 Å². The van der Waals surface area contributed by atoms with Crippen molar-refractivity contribution in [2.75, 3.05) is 15.8 Å². The number of aromatic nitrogens is 3. The Balaban J connectivity index is 1.69. The highest BCUT2D eigenvalue weighted by atomic mass is 32.2. The number of hydrogen-bond donors (Lipinski definition) is 3. The number of halogens is 2. The van der Waals surface area contributed by atoms with Gasteiger partial charge in [0, 0.05) is 29.5 Å². The van der Waals surface area contributed by atoms with Crippen LogP contribution in [-0.2, 0) is 10.0 Å². The van der Waals surface area contributed by atoms with Crippen LogP contribution in [0.25, 0.3) is 11.0 Å². The second-order valence-electron chi connectivity index (χ2n) is 7.55. The standard InChI is InChI=1S/C23H19F2N5O4S/c1-2-8-35(33,34)30-18-6-5-17(24)19(20(18)25)21(31)16-12-28-22-15(16)9-14(11-27-22)29-23(32)13-4-3-7-26-10-13/h3-7,9-12,30H,2,8H2,1H3,(H,27,28)(H,29,32). The number of amides is 1. The number of rotatable bonds is 8. The molecule has 3 N–H and O–H groups in total. The van der Waals surface area contributed by atoms with Gasteiger partial charge in [0.25, 0.3) is 5.91 Å². The summed E-state index contributed by atoms with van der Waals surface area (Å²) >= 11 is 0. The van der Waals surface area contributed by atoms with Crippen molar-refractivity contribution in [1.29, 1.82) is 0 Å². The highest BCUT2D eigenvalue weighted by Crippen LogP contribution is 2.28. The molecule has 0 aliphatic rings. The molecular weight excluding hydrogens is 480 g/mol. The maximum atomic E-state index is 15.1. The SMILES string of the molecule is CCCS(=O)(=O)Nc1ccc(F)c(C(=O)c2c[nH]c3ncc(NC(=O)c4cccnc4)cc23)c1F. The molecule has 4 rings (SSSR count). The normalized spacial score (nSPS) is 11.4. The van der Waals surface area contributed by atoms with Gasteiger partial charge in [-0.2, -0.15) is 0 Å². The molecule has 1 amide bonds. The molecule has 0 fully saturated rings. The number of nitrogens with one attached hydrogen (secondary N) is 3. The summed E-state index contributed by atoms with van der Waals surface area (Å²) in [5.41, 5.74) is -0.797. The molecule has 0 bridgehead atoms. The monoisotopic (exact) mass is 499 g/mol. The second-order valence-corrected chi connectivity index (χ2v) is 9.39. The molecule has 0 aliphatic carbocycles. The number of fused-ring (bicyclic) bond motifs is 1. The summed E-state index contributed by atoms with van der Waals surface area (Å²) in [6, 6.07) is 6.32. The van der Waals surface area contributed by atoms with Crippen LogP contribution < -0.4 is 10.0 Å². The van der Waals surface area contributed by atoms with Gasteiger partial charge in [0.15, 0.2) is 5.82 Å². The van der Waals surface area contributed by atoms with Crippen LogP contribution in [0.5, 0.6) is 0 Å². The van der Waals surface area contributed by atoms with E-state index in [0.29, 0.717) is 5.56 Å². The molecule has 12 heteroatoms. The summed E-state index contributed by atoms with van der Waals surface area (Å²) in [6.45, 7) is 1.63. The molecule has 35 heavy (non-hydrogen) atoms. The first kappa shape index (κ1) is 24.0. The lowest BCUT2D eigenvalue weighted by molar-refractivity contribution is 0.102. The fourth-order valence-corrected chi connectivity index (χ4v) is 4.55. The number of pyridine rings is 2. The van der Waals surface area contributed by atoms with Gasteiger partial charge >= 0.3 is 0 Å². The number of sulfonamides is 1. The Morgan fingerprint density at radius 1 is 1.14 bits per heavy atom. The summed E-state index contributed by atoms with van der Waals surface area (Å²) in [4.78, 5) is 36.3. The van der Waals surface area contributed by atoms with Gasteiger partial charge in [0.2, 0.25) is 15.8 Å². The maximum Gasteiger partial charge on any atom is 0.257 e. The first-order chi connectivity index (χ1) is 16.7. The molecule has 1 aromatic carbocycles. The third-order valence-corrected chi connectivity index (χ3v) is 6.49. The van der Waals surface area contributed by atoms with Crippen LogP contribution in [0.1, 0.15) is 39.6 Å². The van der Waals surface area contributed by atoms with Crippen LogP contribution in [0.15, 0.2) is 55.1 Å². The van der Waals surface area contributed by atoms with E-state index >= 15 is 4.39 Å². The quantitative estimate of drug-likeness (QED) is 0.315. The van der Waals surface area contributed by atoms with Crippen LogP contribution in [0.4, 0.5) is 20.2 Å². The molecule has 0 saturated heterocycles. The van der Waals surface area contributed by atoms with Gasteiger partial charge in [-0.05, 0) is 36.8 Å². The molecule has 0 saturated carbocycles. The van der Waals surface area contributed by atoms with E-state index in [-0.39, 0.29) is 34.5 Å². The molecule has 0 radical (unpaired) electrons. The van der Waals surface area contributed by atoms with Gasteiger partial charge in [-0.1, -0.05) is 6.92 Å². The molecule has 3 aromatic heterocycles. The highest BCUT2D eigenvalue weighted by Gasteiger charge is 2.26. The van der Waals surface area contributed by atoms with Crippen molar-refractivity contribution in [2.24, 2.45) is 0 Å². The van der Waals surface area contributed by atoms with Crippen molar-refractivity contribution in [1.82, 2.24) is 15.0 Å². The summed E-state index contributed by atoms with van der Waals surface area (Å²) in [5, 5.41) is 2.83. The number of benzene rings is 1. The number of aromatic amines is 1. The number of H-pyrrole nitrogens is 1. The Labute approximate surface area is 198 Å². The van der Waals surface area contributed by atoms with Gasteiger partial charge < -0.3 is 10.3 Å². The van der Waals surface area contributed by atoms with Gasteiger partial charge in [-0.3, -0.25) is 19.3 Å². The zero-order chi connectivity index (χ0) is 25.2. The van der Waals surface area contributed by atoms with Crippen molar-refractivity contribution in [3.63, 3.8) is 0 Å². The van der Waals surface area contributed by atoms with Crippen molar-refractivity contribution >= 4 is 44.1 Å². The lowest BCUT2D eigenvalue weighted by atomic mass is 10.0. The van der Waals surface area contributed by atoms with E-state index in [1.54, 1.807) is 19.1 Å². The zero-order valence-corrected chi connectivity index (χ0v) is 19.1. The number of nitrogens with zero attached hydrogens (tertiary/aromatic N) is 2. The first-order valence-corrected chi connectivity index (χ1v) is 12.1. The predicted octanol–water partition coefficient (Wildman–Crippen LogP) is 3.87. The van der Waals surface area contributed by atoms with Crippen molar-refractivity contribution in [3.05, 3.63) is 83.4 Å². The summed E-state index contributed by atoms with van der Waals surface area (Å²) in [5.74, 6) is -4.26. The Morgan fingerprint density at radius 2 is 1.94 bits per heavy atom. The minimum atomic E-state index is -3.88. The maximum absolute atomic E-state index is 15.1. The Morgan fingerprint density at radius 3 is 2.66 bits per heavy atom. The van der Waals surface area contributed by atoms with Crippen LogP contribution >= 0.6 is 0 Å². The zero-order valence-electron chi connectivity index (χ0n) is 18.3. The fourth-order valence-electron chi connectivity index (χ4n) is 3.42. The number of carbonyl (C=O) groups excluding carboxylic acids is 2. The van der Waals surface area contributed by atoms with E-state index in [0.717, 1.165) is 12.1 Å². The molecule has 0 atom stereocenters. The lowest BCUT2D eigenvalue weighted by Gasteiger charge is -2.11. The average Bonchev–Trinajstić information content (AvgIpc) is 3.24. The summed E-state index contributed by atoms with van der Waals surface area (Å²) in [7, 11) is -3.88. The van der Waals surface area contributed by atoms with Gasteiger partial charge in [0.1, 0.15) is 11.5 Å². The average molecular weight is 499 g/mol. The number of hydrogen-bond acceptors (Lipinski definition) is 6. The van der Waals surface area contributed by atoms with E-state index in [9.17, 15) is 22.4 Å². The van der Waals surface area contributed by atoms with Gasteiger partial charge in [-0.15, -0.1) is 0 Å². The van der Waals surface area contributed by atoms with E-state index < -0.39 is 44.6 Å². The van der Waals surface area contributed by atoms with E-state index in [1.165, 1.54) is 30.9 Å². The van der Waals surface area contributed by atoms with Gasteiger partial charge in [0.05, 0.1) is 34.5 Å². The highest BCUT2D eigenvalue weighted by molar-refractivity contribution is 7.92. The van der Waals surface area contributed by atoms with E-state index in [4.69, 9.17) is 0 Å². The third kappa shape index (κ3) is 5.01. The van der Waals surface area contributed by atoms with E-state index in [2.05, 4.69) is 20.3 Å². The molecule has 9 nitrogen and oxygen atoms in total. The molecular formula is C23H19F2N5O4S. The number of anilines is 2. The van der Waals surface area contributed by atoms with Crippen LogP contribution in [0.2, 0.25) is 0 Å². The van der Waals surface area contributed by atoms with E-state index in [1.807, 2.05) is 4.72 Å². The molecule has 0 unspecified atom stereocenters. The fraction of sp³-hybridized carbons (Fsp3) is 0.130. The van der Waals surface area contributed by atoms with Crippen LogP contribution in [0, 0.1) is 11.6 Å². The minimum Gasteiger partial charge on any atom is -0.345 e. The number of ketones is 1. The molecule has 3 heterocycles. The topological polar surface area (TPSA) is 134 Å². The molecule has 0 spiro atoms. The molecule has 0 aliphatic heterocycles. The predicted molar refractivity (Wildman–Crippen MR) is 126 cm³/mol. The van der Waals surface area contributed by atoms with Crippen LogP contribution in [0.3, 0.4) is 0 Å². The Bertz CT molecular complexity index is 1540. The lowest BCUT2D eigenvalue weighted by Crippen LogP contribution is -2.18. The Hall–Kier alpha value is -4.19. The molecule has 180 valence electrons. The van der Waals surface area contributed by atoms with Gasteiger partial charge in [-0.25, -0.2) is 22.2 Å². The summed E-state index contributed by atoms with van der Waals surface area (Å²) in [6.07, 6.45) is 5.76. The second kappa shape index (κ2) is 9.58. The van der Waals surface area contributed by atoms with Crippen molar-refractivity contribution in [3.8, 4) is 0 Å². The smallest absolute Gasteiger partial charge is 0.257 e. The van der Waals surface area contributed by atoms with Crippen molar-refractivity contribution in [2.45, 2.75) is 13.3 Å².